The Morgan fingerprint density at radius 3 is 2.29 bits per heavy atom. The van der Waals surface area contributed by atoms with E-state index < -0.39 is 18.2 Å². The first-order chi connectivity index (χ1) is 7.95. The van der Waals surface area contributed by atoms with Crippen LogP contribution in [0, 0.1) is 24.2 Å². The SMILES string of the molecule is C#CCCCC(O)C1CCC(C(F)(F)F)CC1. The summed E-state index contributed by atoms with van der Waals surface area (Å²) in [6, 6.07) is 0. The zero-order chi connectivity index (χ0) is 12.9. The summed E-state index contributed by atoms with van der Waals surface area (Å²) in [6.45, 7) is 0. The molecule has 98 valence electrons. The molecule has 1 rings (SSSR count). The first-order valence-corrected chi connectivity index (χ1v) is 6.13. The summed E-state index contributed by atoms with van der Waals surface area (Å²) in [4.78, 5) is 0. The first-order valence-electron chi connectivity index (χ1n) is 6.13. The fourth-order valence-corrected chi connectivity index (χ4v) is 2.48. The molecule has 0 aliphatic heterocycles. The summed E-state index contributed by atoms with van der Waals surface area (Å²) >= 11 is 0. The van der Waals surface area contributed by atoms with E-state index in [0.29, 0.717) is 25.7 Å². The van der Waals surface area contributed by atoms with E-state index in [4.69, 9.17) is 6.42 Å². The van der Waals surface area contributed by atoms with Crippen LogP contribution in [0.15, 0.2) is 0 Å². The van der Waals surface area contributed by atoms with Crippen LogP contribution in [-0.2, 0) is 0 Å². The van der Waals surface area contributed by atoms with Crippen LogP contribution in [0.1, 0.15) is 44.9 Å². The average Bonchev–Trinajstić information content (AvgIpc) is 2.28. The zero-order valence-corrected chi connectivity index (χ0v) is 9.84. The molecule has 1 nitrogen and oxygen atoms in total. The highest BCUT2D eigenvalue weighted by Crippen LogP contribution is 2.40. The molecule has 1 aliphatic carbocycles. The Kier molecular flexibility index (Phi) is 5.32. The van der Waals surface area contributed by atoms with Gasteiger partial charge in [0.1, 0.15) is 0 Å². The van der Waals surface area contributed by atoms with Gasteiger partial charge in [0.25, 0.3) is 0 Å². The molecule has 0 radical (unpaired) electrons. The summed E-state index contributed by atoms with van der Waals surface area (Å²) in [5.41, 5.74) is 0. The third-order valence-electron chi connectivity index (χ3n) is 3.60. The van der Waals surface area contributed by atoms with Gasteiger partial charge in [0.15, 0.2) is 0 Å². The number of rotatable bonds is 4. The average molecular weight is 248 g/mol. The van der Waals surface area contributed by atoms with Crippen molar-refractivity contribution in [3.8, 4) is 12.3 Å². The van der Waals surface area contributed by atoms with Crippen LogP contribution in [0.3, 0.4) is 0 Å². The molecule has 4 heteroatoms. The Morgan fingerprint density at radius 1 is 1.24 bits per heavy atom. The molecule has 1 aliphatic rings. The molecule has 1 fully saturated rings. The van der Waals surface area contributed by atoms with Crippen molar-refractivity contribution in [3.63, 3.8) is 0 Å². The number of unbranched alkanes of at least 4 members (excludes halogenated alkanes) is 1. The van der Waals surface area contributed by atoms with E-state index in [0.717, 1.165) is 6.42 Å². The van der Waals surface area contributed by atoms with E-state index >= 15 is 0 Å². The summed E-state index contributed by atoms with van der Waals surface area (Å²) in [7, 11) is 0. The van der Waals surface area contributed by atoms with E-state index in [1.54, 1.807) is 0 Å². The van der Waals surface area contributed by atoms with Crippen molar-refractivity contribution in [1.82, 2.24) is 0 Å². The normalized spacial score (nSPS) is 27.5. The maximum absolute atomic E-state index is 12.4. The second-order valence-electron chi connectivity index (χ2n) is 4.82. The molecular formula is C13H19F3O. The van der Waals surface area contributed by atoms with Gasteiger partial charge in [0.2, 0.25) is 0 Å². The largest absolute Gasteiger partial charge is 0.393 e. The molecule has 0 aromatic carbocycles. The van der Waals surface area contributed by atoms with Gasteiger partial charge in [0, 0.05) is 6.42 Å². The minimum Gasteiger partial charge on any atom is -0.393 e. The highest BCUT2D eigenvalue weighted by Gasteiger charge is 2.42. The fourth-order valence-electron chi connectivity index (χ4n) is 2.48. The minimum atomic E-state index is -4.07. The van der Waals surface area contributed by atoms with Gasteiger partial charge in [-0.15, -0.1) is 12.3 Å². The van der Waals surface area contributed by atoms with Crippen LogP contribution in [0.4, 0.5) is 13.2 Å². The third kappa shape index (κ3) is 4.59. The maximum Gasteiger partial charge on any atom is 0.391 e. The molecule has 17 heavy (non-hydrogen) atoms. The quantitative estimate of drug-likeness (QED) is 0.596. The van der Waals surface area contributed by atoms with Gasteiger partial charge in [-0.2, -0.15) is 13.2 Å². The summed E-state index contributed by atoms with van der Waals surface area (Å²) in [5, 5.41) is 9.84. The lowest BCUT2D eigenvalue weighted by Crippen LogP contribution is -2.32. The highest BCUT2D eigenvalue weighted by molar-refractivity contribution is 4.85. The van der Waals surface area contributed by atoms with Gasteiger partial charge in [-0.25, -0.2) is 0 Å². The smallest absolute Gasteiger partial charge is 0.391 e. The number of hydrogen-bond donors (Lipinski definition) is 1. The molecule has 1 saturated carbocycles. The first kappa shape index (κ1) is 14.4. The predicted molar refractivity (Wildman–Crippen MR) is 60.2 cm³/mol. The van der Waals surface area contributed by atoms with Crippen molar-refractivity contribution < 1.29 is 18.3 Å². The van der Waals surface area contributed by atoms with Gasteiger partial charge < -0.3 is 5.11 Å². The van der Waals surface area contributed by atoms with Gasteiger partial charge in [-0.05, 0) is 44.4 Å². The second-order valence-corrected chi connectivity index (χ2v) is 4.82. The van der Waals surface area contributed by atoms with Crippen molar-refractivity contribution in [2.75, 3.05) is 0 Å². The number of aliphatic hydroxyl groups excluding tert-OH is 1. The molecule has 0 aromatic rings. The van der Waals surface area contributed by atoms with Crippen LogP contribution < -0.4 is 0 Å². The van der Waals surface area contributed by atoms with Crippen molar-refractivity contribution in [2.45, 2.75) is 57.2 Å². The third-order valence-corrected chi connectivity index (χ3v) is 3.60. The molecule has 0 saturated heterocycles. The molecule has 0 spiro atoms. The molecule has 1 atom stereocenters. The maximum atomic E-state index is 12.4. The predicted octanol–water partition coefficient (Wildman–Crippen LogP) is 3.52. The Hall–Kier alpha value is -0.690. The molecule has 0 amide bonds. The molecule has 1 unspecified atom stereocenters. The molecule has 0 heterocycles. The molecular weight excluding hydrogens is 229 g/mol. The lowest BCUT2D eigenvalue weighted by molar-refractivity contribution is -0.185. The van der Waals surface area contributed by atoms with E-state index in [9.17, 15) is 18.3 Å². The lowest BCUT2D eigenvalue weighted by atomic mass is 9.78. The van der Waals surface area contributed by atoms with Crippen molar-refractivity contribution in [2.24, 2.45) is 11.8 Å². The summed E-state index contributed by atoms with van der Waals surface area (Å²) in [6.07, 6.45) is 3.77. The van der Waals surface area contributed by atoms with Gasteiger partial charge in [0.05, 0.1) is 12.0 Å². The van der Waals surface area contributed by atoms with Crippen LogP contribution in [0.5, 0.6) is 0 Å². The molecule has 0 aromatic heterocycles. The summed E-state index contributed by atoms with van der Waals surface area (Å²) in [5.74, 6) is 1.34. The lowest BCUT2D eigenvalue weighted by Gasteiger charge is -2.32. The van der Waals surface area contributed by atoms with Crippen molar-refractivity contribution in [3.05, 3.63) is 0 Å². The van der Waals surface area contributed by atoms with E-state index in [1.165, 1.54) is 0 Å². The van der Waals surface area contributed by atoms with Crippen LogP contribution in [0.25, 0.3) is 0 Å². The van der Waals surface area contributed by atoms with Crippen LogP contribution in [0.2, 0.25) is 0 Å². The number of alkyl halides is 3. The van der Waals surface area contributed by atoms with E-state index in [2.05, 4.69) is 5.92 Å². The number of terminal acetylenes is 1. The topological polar surface area (TPSA) is 20.2 Å². The van der Waals surface area contributed by atoms with Gasteiger partial charge in [-0.1, -0.05) is 0 Å². The van der Waals surface area contributed by atoms with Crippen molar-refractivity contribution in [1.29, 1.82) is 0 Å². The van der Waals surface area contributed by atoms with Crippen LogP contribution in [-0.4, -0.2) is 17.4 Å². The number of hydrogen-bond acceptors (Lipinski definition) is 1. The standard InChI is InChI=1S/C13H19F3O/c1-2-3-4-5-12(17)10-6-8-11(9-7-10)13(14,15)16/h1,10-12,17H,3-9H2. The fraction of sp³-hybridized carbons (Fsp3) is 0.846. The van der Waals surface area contributed by atoms with E-state index in [-0.39, 0.29) is 18.8 Å². The highest BCUT2D eigenvalue weighted by atomic mass is 19.4. The van der Waals surface area contributed by atoms with Crippen LogP contribution >= 0.6 is 0 Å². The Bertz CT molecular complexity index is 259. The Balaban J connectivity index is 2.29. The summed E-state index contributed by atoms with van der Waals surface area (Å²) < 4.78 is 37.3. The Morgan fingerprint density at radius 2 is 1.82 bits per heavy atom. The number of aliphatic hydroxyl groups is 1. The minimum absolute atomic E-state index is 0.0198. The molecule has 0 bridgehead atoms. The molecule has 1 N–H and O–H groups in total. The Labute approximate surface area is 100 Å². The van der Waals surface area contributed by atoms with Gasteiger partial charge >= 0.3 is 6.18 Å². The number of halogens is 3. The zero-order valence-electron chi connectivity index (χ0n) is 9.84. The second kappa shape index (κ2) is 6.30. The van der Waals surface area contributed by atoms with Gasteiger partial charge in [-0.3, -0.25) is 0 Å². The van der Waals surface area contributed by atoms with Crippen molar-refractivity contribution >= 4 is 0 Å². The van der Waals surface area contributed by atoms with E-state index in [1.807, 2.05) is 0 Å². The monoisotopic (exact) mass is 248 g/mol.